The molecule has 45 heavy (non-hydrogen) atoms. The lowest BCUT2D eigenvalue weighted by molar-refractivity contribution is -0.322. The van der Waals surface area contributed by atoms with Gasteiger partial charge in [0, 0.05) is 0 Å². The van der Waals surface area contributed by atoms with E-state index in [2.05, 4.69) is 0 Å². The second kappa shape index (κ2) is 16.4. The molecule has 5 rings (SSSR count). The van der Waals surface area contributed by atoms with E-state index in [1.165, 1.54) is 0 Å². The molecule has 0 spiro atoms. The topological polar surface area (TPSA) is 73.8 Å². The minimum Gasteiger partial charge on any atom is -0.497 e. The predicted octanol–water partition coefficient (Wildman–Crippen LogP) is 6.73. The number of hydrogen-bond donors (Lipinski definition) is 0. The van der Waals surface area contributed by atoms with Crippen LogP contribution in [-0.2, 0) is 50.1 Å². The average Bonchev–Trinajstić information content (AvgIpc) is 3.10. The highest BCUT2D eigenvalue weighted by Crippen LogP contribution is 2.32. The highest BCUT2D eigenvalue weighted by Gasteiger charge is 2.47. The molecule has 0 aliphatic carbocycles. The first-order valence-electron chi connectivity index (χ1n) is 15.1. The molecule has 4 aromatic rings. The Bertz CT molecular complexity index is 1410. The van der Waals surface area contributed by atoms with Gasteiger partial charge in [-0.1, -0.05) is 66.7 Å². The summed E-state index contributed by atoms with van der Waals surface area (Å²) in [6.07, 6.45) is -2.58. The molecular weight excluding hydrogens is 572 g/mol. The highest BCUT2D eigenvalue weighted by atomic mass is 16.7. The minimum atomic E-state index is -0.694. The Kier molecular flexibility index (Phi) is 11.8. The molecule has 0 radical (unpaired) electrons. The first-order valence-corrected chi connectivity index (χ1v) is 15.1. The van der Waals surface area contributed by atoms with Crippen LogP contribution in [0.5, 0.6) is 17.2 Å². The van der Waals surface area contributed by atoms with Crippen molar-refractivity contribution in [1.82, 2.24) is 0 Å². The molecule has 0 aromatic heterocycles. The fraction of sp³-hybridized carbons (Fsp3) is 0.351. The third kappa shape index (κ3) is 9.06. The van der Waals surface area contributed by atoms with Gasteiger partial charge in [-0.25, -0.2) is 0 Å². The lowest BCUT2D eigenvalue weighted by Crippen LogP contribution is -2.60. The fourth-order valence-electron chi connectivity index (χ4n) is 5.20. The van der Waals surface area contributed by atoms with Crippen LogP contribution in [0.3, 0.4) is 0 Å². The summed E-state index contributed by atoms with van der Waals surface area (Å²) in [7, 11) is 4.96. The summed E-state index contributed by atoms with van der Waals surface area (Å²) in [6.45, 7) is 3.39. The molecule has 238 valence electrons. The molecule has 1 aliphatic rings. The largest absolute Gasteiger partial charge is 0.497 e. The Morgan fingerprint density at radius 3 is 1.27 bits per heavy atom. The maximum absolute atomic E-state index is 6.68. The maximum atomic E-state index is 6.68. The van der Waals surface area contributed by atoms with Crippen molar-refractivity contribution in [2.45, 2.75) is 64.1 Å². The third-order valence-electron chi connectivity index (χ3n) is 7.79. The average molecular weight is 615 g/mol. The lowest BCUT2D eigenvalue weighted by atomic mass is 9.98. The molecule has 0 N–H and O–H groups in total. The van der Waals surface area contributed by atoms with Crippen molar-refractivity contribution in [3.05, 3.63) is 125 Å². The van der Waals surface area contributed by atoms with E-state index in [9.17, 15) is 0 Å². The smallest absolute Gasteiger partial charge is 0.187 e. The summed E-state index contributed by atoms with van der Waals surface area (Å²) < 4.78 is 48.7. The van der Waals surface area contributed by atoms with Crippen molar-refractivity contribution >= 4 is 0 Å². The van der Waals surface area contributed by atoms with E-state index in [4.69, 9.17) is 37.9 Å². The van der Waals surface area contributed by atoms with Crippen LogP contribution in [0, 0.1) is 0 Å². The first-order chi connectivity index (χ1) is 22.1. The van der Waals surface area contributed by atoms with Gasteiger partial charge in [-0.05, 0) is 65.6 Å². The van der Waals surface area contributed by atoms with Gasteiger partial charge >= 0.3 is 0 Å². The van der Waals surface area contributed by atoms with E-state index in [0.29, 0.717) is 26.4 Å². The molecule has 1 aliphatic heterocycles. The van der Waals surface area contributed by atoms with Gasteiger partial charge in [0.2, 0.25) is 0 Å². The van der Waals surface area contributed by atoms with E-state index in [0.717, 1.165) is 39.5 Å². The van der Waals surface area contributed by atoms with E-state index in [1.807, 2.05) is 110 Å². The SMILES string of the molecule is COc1ccc(CO[C@H]2[C@H](OCc3ccc(OC)cc3)[C@H](OCc3ccccc3)O[C@@H](C)[C@H]2OCc2ccc(OC)cc2)cc1. The number of ether oxygens (including phenoxy) is 8. The van der Waals surface area contributed by atoms with Gasteiger partial charge in [-0.2, -0.15) is 0 Å². The van der Waals surface area contributed by atoms with Crippen molar-refractivity contribution < 1.29 is 37.9 Å². The lowest BCUT2D eigenvalue weighted by Gasteiger charge is -2.45. The normalized spacial score (nSPS) is 21.3. The number of benzene rings is 4. The van der Waals surface area contributed by atoms with Gasteiger partial charge in [0.1, 0.15) is 35.6 Å². The summed E-state index contributed by atoms with van der Waals surface area (Å²) >= 11 is 0. The van der Waals surface area contributed by atoms with Gasteiger partial charge in [0.15, 0.2) is 6.29 Å². The van der Waals surface area contributed by atoms with Crippen molar-refractivity contribution in [2.24, 2.45) is 0 Å². The quantitative estimate of drug-likeness (QED) is 0.146. The summed E-state index contributed by atoms with van der Waals surface area (Å²) in [4.78, 5) is 0. The number of methoxy groups -OCH3 is 3. The monoisotopic (exact) mass is 614 g/mol. The highest BCUT2D eigenvalue weighted by molar-refractivity contribution is 5.28. The Hall–Kier alpha value is -3.92. The summed E-state index contributed by atoms with van der Waals surface area (Å²) in [6, 6.07) is 33.5. The minimum absolute atomic E-state index is 0.325. The van der Waals surface area contributed by atoms with E-state index in [-0.39, 0.29) is 6.10 Å². The molecule has 1 saturated heterocycles. The van der Waals surface area contributed by atoms with Crippen LogP contribution in [0.1, 0.15) is 29.2 Å². The third-order valence-corrected chi connectivity index (χ3v) is 7.79. The number of hydrogen-bond acceptors (Lipinski definition) is 8. The van der Waals surface area contributed by atoms with Crippen LogP contribution in [0.2, 0.25) is 0 Å². The Labute approximate surface area is 265 Å². The summed E-state index contributed by atoms with van der Waals surface area (Å²) in [5.41, 5.74) is 4.03. The van der Waals surface area contributed by atoms with Crippen molar-refractivity contribution in [2.75, 3.05) is 21.3 Å². The zero-order valence-electron chi connectivity index (χ0n) is 26.3. The zero-order valence-corrected chi connectivity index (χ0v) is 26.3. The van der Waals surface area contributed by atoms with Crippen molar-refractivity contribution in [1.29, 1.82) is 0 Å². The van der Waals surface area contributed by atoms with Crippen LogP contribution in [-0.4, -0.2) is 52.0 Å². The second-order valence-electron chi connectivity index (χ2n) is 10.9. The molecule has 4 aromatic carbocycles. The van der Waals surface area contributed by atoms with Gasteiger partial charge in [0.25, 0.3) is 0 Å². The summed E-state index contributed by atoms with van der Waals surface area (Å²) in [5, 5.41) is 0. The molecule has 0 amide bonds. The van der Waals surface area contributed by atoms with Crippen molar-refractivity contribution in [3.63, 3.8) is 0 Å². The molecule has 8 heteroatoms. The standard InChI is InChI=1S/C37H42O8/c1-26-34(41-22-28-10-16-31(38-2)17-11-28)35(42-23-29-12-18-32(39-3)19-13-29)36(43-24-30-14-20-33(40-4)21-15-30)37(45-26)44-25-27-8-6-5-7-9-27/h5-21,26,34-37H,22-25H2,1-4H3/t26-,34+,35+,36-,37+/m0/s1. The fourth-order valence-corrected chi connectivity index (χ4v) is 5.20. The molecule has 0 saturated carbocycles. The van der Waals surface area contributed by atoms with E-state index in [1.54, 1.807) is 21.3 Å². The van der Waals surface area contributed by atoms with Crippen LogP contribution in [0.15, 0.2) is 103 Å². The predicted molar refractivity (Wildman–Crippen MR) is 170 cm³/mol. The zero-order chi connectivity index (χ0) is 31.4. The molecule has 1 fully saturated rings. The van der Waals surface area contributed by atoms with Crippen molar-refractivity contribution in [3.8, 4) is 17.2 Å². The molecular formula is C37H42O8. The first kappa shape index (κ1) is 32.5. The van der Waals surface area contributed by atoms with Gasteiger partial charge in [0.05, 0.1) is 53.9 Å². The van der Waals surface area contributed by atoms with Gasteiger partial charge in [-0.3, -0.25) is 0 Å². The van der Waals surface area contributed by atoms with Gasteiger partial charge < -0.3 is 37.9 Å². The Balaban J connectivity index is 1.39. The summed E-state index contributed by atoms with van der Waals surface area (Å²) in [5.74, 6) is 2.36. The van der Waals surface area contributed by atoms with Gasteiger partial charge in [-0.15, -0.1) is 0 Å². The number of rotatable bonds is 15. The molecule has 0 unspecified atom stereocenters. The maximum Gasteiger partial charge on any atom is 0.187 e. The molecule has 0 bridgehead atoms. The van der Waals surface area contributed by atoms with Crippen LogP contribution >= 0.6 is 0 Å². The molecule has 8 nitrogen and oxygen atoms in total. The Morgan fingerprint density at radius 2 is 0.822 bits per heavy atom. The van der Waals surface area contributed by atoms with E-state index < -0.39 is 24.6 Å². The van der Waals surface area contributed by atoms with E-state index >= 15 is 0 Å². The second-order valence-corrected chi connectivity index (χ2v) is 10.9. The molecule has 5 atom stereocenters. The van der Waals surface area contributed by atoms with Crippen LogP contribution in [0.25, 0.3) is 0 Å². The molecule has 1 heterocycles. The Morgan fingerprint density at radius 1 is 0.444 bits per heavy atom. The van der Waals surface area contributed by atoms with Crippen LogP contribution < -0.4 is 14.2 Å². The van der Waals surface area contributed by atoms with Crippen LogP contribution in [0.4, 0.5) is 0 Å².